The van der Waals surface area contributed by atoms with Crippen molar-refractivity contribution < 1.29 is 14.7 Å². The second-order valence-corrected chi connectivity index (χ2v) is 7.00. The monoisotopic (exact) mass is 368 g/mol. The maximum absolute atomic E-state index is 12.2. The molecule has 0 radical (unpaired) electrons. The van der Waals surface area contributed by atoms with Crippen molar-refractivity contribution in [3.05, 3.63) is 41.2 Å². The van der Waals surface area contributed by atoms with Crippen molar-refractivity contribution in [1.82, 2.24) is 19.9 Å². The predicted molar refractivity (Wildman–Crippen MR) is 103 cm³/mol. The Morgan fingerprint density at radius 2 is 1.93 bits per heavy atom. The van der Waals surface area contributed by atoms with E-state index in [2.05, 4.69) is 10.4 Å². The van der Waals surface area contributed by atoms with E-state index >= 15 is 0 Å². The van der Waals surface area contributed by atoms with E-state index in [-0.39, 0.29) is 12.3 Å². The van der Waals surface area contributed by atoms with Crippen LogP contribution in [0.4, 0.5) is 0 Å². The van der Waals surface area contributed by atoms with E-state index in [1.807, 2.05) is 42.6 Å². The van der Waals surface area contributed by atoms with Crippen LogP contribution in [-0.2, 0) is 16.0 Å². The minimum Gasteiger partial charge on any atom is -0.481 e. The van der Waals surface area contributed by atoms with Crippen LogP contribution < -0.4 is 5.32 Å². The number of nitrogens with zero attached hydrogens (tertiary/aromatic N) is 3. The molecule has 0 fully saturated rings. The summed E-state index contributed by atoms with van der Waals surface area (Å²) < 4.78 is 1.83. The summed E-state index contributed by atoms with van der Waals surface area (Å²) in [5.74, 6) is -1.72. The Morgan fingerprint density at radius 3 is 2.63 bits per heavy atom. The summed E-state index contributed by atoms with van der Waals surface area (Å²) in [6.07, 6.45) is 0.795. The number of benzene rings is 1. The van der Waals surface area contributed by atoms with Crippen LogP contribution in [0.3, 0.4) is 0 Å². The number of carbonyl (C=O) groups excluding carboxylic acids is 1. The number of carbonyl (C=O) groups is 2. The molecule has 2 heterocycles. The van der Waals surface area contributed by atoms with Crippen LogP contribution in [0.1, 0.15) is 37.2 Å². The first-order valence-electron chi connectivity index (χ1n) is 9.05. The first-order chi connectivity index (χ1) is 12.8. The summed E-state index contributed by atoms with van der Waals surface area (Å²) in [4.78, 5) is 28.0. The molecule has 1 aromatic carbocycles. The normalized spacial score (nSPS) is 13.6. The van der Waals surface area contributed by atoms with Crippen molar-refractivity contribution in [2.24, 2.45) is 5.92 Å². The van der Waals surface area contributed by atoms with Crippen LogP contribution in [0, 0.1) is 19.8 Å². The molecule has 27 heavy (non-hydrogen) atoms. The Balaban J connectivity index is 1.80. The van der Waals surface area contributed by atoms with Crippen molar-refractivity contribution in [2.45, 2.75) is 46.6 Å². The highest BCUT2D eigenvalue weighted by molar-refractivity contribution is 5.92. The van der Waals surface area contributed by atoms with E-state index in [1.54, 1.807) is 13.8 Å². The second kappa shape index (κ2) is 7.34. The number of nitrogens with one attached hydrogen (secondary N) is 1. The highest BCUT2D eigenvalue weighted by Gasteiger charge is 2.21. The predicted octanol–water partition coefficient (Wildman–Crippen LogP) is 2.66. The van der Waals surface area contributed by atoms with Gasteiger partial charge >= 0.3 is 5.97 Å². The molecule has 0 aliphatic rings. The van der Waals surface area contributed by atoms with Gasteiger partial charge in [0.2, 0.25) is 5.91 Å². The topological polar surface area (TPSA) is 96.6 Å². The van der Waals surface area contributed by atoms with Gasteiger partial charge in [-0.1, -0.05) is 12.1 Å². The van der Waals surface area contributed by atoms with Gasteiger partial charge in [0.25, 0.3) is 0 Å². The SMILES string of the molecule is Cc1nc2c3ccccc3nn2c(C)c1CCC(=O)NC(C)C(C)C(=O)O. The van der Waals surface area contributed by atoms with Crippen molar-refractivity contribution in [1.29, 1.82) is 0 Å². The van der Waals surface area contributed by atoms with Gasteiger partial charge < -0.3 is 10.4 Å². The highest BCUT2D eigenvalue weighted by Crippen LogP contribution is 2.22. The molecular weight excluding hydrogens is 344 g/mol. The Hall–Kier alpha value is -2.96. The molecule has 2 atom stereocenters. The van der Waals surface area contributed by atoms with E-state index in [4.69, 9.17) is 10.1 Å². The number of aromatic nitrogens is 3. The quantitative estimate of drug-likeness (QED) is 0.697. The van der Waals surface area contributed by atoms with Gasteiger partial charge in [0.15, 0.2) is 5.65 Å². The van der Waals surface area contributed by atoms with Crippen LogP contribution in [0.15, 0.2) is 24.3 Å². The van der Waals surface area contributed by atoms with Gasteiger partial charge in [-0.15, -0.1) is 0 Å². The number of fused-ring (bicyclic) bond motifs is 3. The maximum Gasteiger partial charge on any atom is 0.308 e. The summed E-state index contributed by atoms with van der Waals surface area (Å²) in [5.41, 5.74) is 4.54. The number of rotatable bonds is 6. The first-order valence-corrected chi connectivity index (χ1v) is 9.05. The van der Waals surface area contributed by atoms with Gasteiger partial charge in [-0.2, -0.15) is 5.10 Å². The summed E-state index contributed by atoms with van der Waals surface area (Å²) in [5, 5.41) is 17.4. The number of hydrogen-bond acceptors (Lipinski definition) is 4. The van der Waals surface area contributed by atoms with E-state index < -0.39 is 17.9 Å². The molecular formula is C20H24N4O3. The number of carboxylic acids is 1. The third kappa shape index (κ3) is 3.63. The maximum atomic E-state index is 12.2. The summed E-state index contributed by atoms with van der Waals surface area (Å²) in [6.45, 7) is 7.21. The molecule has 2 aromatic heterocycles. The average Bonchev–Trinajstić information content (AvgIpc) is 2.99. The zero-order valence-corrected chi connectivity index (χ0v) is 16.0. The standard InChI is InChI=1S/C20H24N4O3/c1-11(20(26)27)12(2)21-18(25)10-9-15-13(3)22-19-16-7-5-6-8-17(16)23-24(19)14(15)4/h5-8,11-12H,9-10H2,1-4H3,(H,21,25)(H,26,27). The van der Waals surface area contributed by atoms with Gasteiger partial charge in [-0.25, -0.2) is 9.50 Å². The molecule has 0 aliphatic carbocycles. The fourth-order valence-corrected chi connectivity index (χ4v) is 3.24. The smallest absolute Gasteiger partial charge is 0.308 e. The molecule has 0 aliphatic heterocycles. The lowest BCUT2D eigenvalue weighted by molar-refractivity contribution is -0.142. The third-order valence-corrected chi connectivity index (χ3v) is 5.15. The Kier molecular flexibility index (Phi) is 5.12. The number of amides is 1. The first kappa shape index (κ1) is 18.8. The summed E-state index contributed by atoms with van der Waals surface area (Å²) in [6, 6.07) is 7.45. The molecule has 7 heteroatoms. The van der Waals surface area contributed by atoms with Crippen molar-refractivity contribution in [3.8, 4) is 0 Å². The second-order valence-electron chi connectivity index (χ2n) is 7.00. The van der Waals surface area contributed by atoms with Crippen LogP contribution in [0.2, 0.25) is 0 Å². The zero-order chi connectivity index (χ0) is 19.7. The van der Waals surface area contributed by atoms with Crippen LogP contribution in [0.5, 0.6) is 0 Å². The summed E-state index contributed by atoms with van der Waals surface area (Å²) in [7, 11) is 0. The summed E-state index contributed by atoms with van der Waals surface area (Å²) >= 11 is 0. The van der Waals surface area contributed by atoms with Crippen molar-refractivity contribution in [2.75, 3.05) is 0 Å². The lowest BCUT2D eigenvalue weighted by Gasteiger charge is -2.18. The lowest BCUT2D eigenvalue weighted by atomic mass is 10.0. The van der Waals surface area contributed by atoms with Gasteiger partial charge in [0, 0.05) is 29.2 Å². The van der Waals surface area contributed by atoms with E-state index in [0.717, 1.165) is 33.5 Å². The van der Waals surface area contributed by atoms with Gasteiger partial charge in [-0.05, 0) is 51.8 Å². The minimum absolute atomic E-state index is 0.167. The molecule has 0 saturated heterocycles. The fourth-order valence-electron chi connectivity index (χ4n) is 3.24. The molecule has 3 rings (SSSR count). The molecule has 0 spiro atoms. The Labute approximate surface area is 157 Å². The van der Waals surface area contributed by atoms with Crippen LogP contribution in [-0.4, -0.2) is 37.6 Å². The molecule has 2 N–H and O–H groups in total. The largest absolute Gasteiger partial charge is 0.481 e. The third-order valence-electron chi connectivity index (χ3n) is 5.15. The molecule has 142 valence electrons. The van der Waals surface area contributed by atoms with Gasteiger partial charge in [0.05, 0.1) is 11.4 Å². The number of aryl methyl sites for hydroxylation is 2. The number of hydrogen-bond donors (Lipinski definition) is 2. The van der Waals surface area contributed by atoms with Crippen LogP contribution >= 0.6 is 0 Å². The van der Waals surface area contributed by atoms with Crippen LogP contribution in [0.25, 0.3) is 16.6 Å². The van der Waals surface area contributed by atoms with Gasteiger partial charge in [-0.3, -0.25) is 9.59 Å². The molecule has 3 aromatic rings. The Morgan fingerprint density at radius 1 is 1.22 bits per heavy atom. The lowest BCUT2D eigenvalue weighted by Crippen LogP contribution is -2.40. The zero-order valence-electron chi connectivity index (χ0n) is 16.0. The number of carboxylic acid groups (broad SMARTS) is 1. The highest BCUT2D eigenvalue weighted by atomic mass is 16.4. The number of aliphatic carboxylic acids is 1. The Bertz CT molecular complexity index is 1020. The van der Waals surface area contributed by atoms with Gasteiger partial charge in [0.1, 0.15) is 0 Å². The molecule has 0 bridgehead atoms. The van der Waals surface area contributed by atoms with E-state index in [0.29, 0.717) is 6.42 Å². The van der Waals surface area contributed by atoms with E-state index in [9.17, 15) is 9.59 Å². The molecule has 2 unspecified atom stereocenters. The van der Waals surface area contributed by atoms with E-state index in [1.165, 1.54) is 0 Å². The molecule has 1 amide bonds. The minimum atomic E-state index is -0.921. The molecule has 0 saturated carbocycles. The molecule has 7 nitrogen and oxygen atoms in total. The average molecular weight is 368 g/mol. The van der Waals surface area contributed by atoms with Crippen molar-refractivity contribution >= 4 is 28.4 Å². The van der Waals surface area contributed by atoms with Crippen molar-refractivity contribution in [3.63, 3.8) is 0 Å². The fraction of sp³-hybridized carbons (Fsp3) is 0.400.